The van der Waals surface area contributed by atoms with E-state index in [4.69, 9.17) is 21.1 Å². The molecule has 8 heteroatoms. The SMILES string of the molecule is O=C1CC[C@H](N2CCN(c3ccccn3)CC2)CCN1Cc1cc2c(cc1Cl)OCO2. The molecular weight excluding hydrogens is 416 g/mol. The molecule has 2 fully saturated rings. The molecule has 3 aliphatic rings. The van der Waals surface area contributed by atoms with Gasteiger partial charge in [0.1, 0.15) is 5.82 Å². The molecule has 2 aromatic rings. The zero-order chi connectivity index (χ0) is 21.2. The molecule has 1 aromatic carbocycles. The van der Waals surface area contributed by atoms with E-state index in [1.807, 2.05) is 29.3 Å². The molecule has 0 radical (unpaired) electrons. The van der Waals surface area contributed by atoms with Gasteiger partial charge in [0.05, 0.1) is 0 Å². The number of carbonyl (C=O) groups is 1. The summed E-state index contributed by atoms with van der Waals surface area (Å²) in [4.78, 5) is 24.1. The second kappa shape index (κ2) is 8.93. The van der Waals surface area contributed by atoms with E-state index in [2.05, 4.69) is 20.9 Å². The lowest BCUT2D eigenvalue weighted by Gasteiger charge is -2.39. The van der Waals surface area contributed by atoms with Crippen molar-refractivity contribution in [3.63, 3.8) is 0 Å². The number of hydrogen-bond donors (Lipinski definition) is 0. The van der Waals surface area contributed by atoms with E-state index in [-0.39, 0.29) is 12.7 Å². The van der Waals surface area contributed by atoms with Crippen molar-refractivity contribution in [1.82, 2.24) is 14.8 Å². The van der Waals surface area contributed by atoms with Gasteiger partial charge in [0.2, 0.25) is 12.7 Å². The number of amides is 1. The molecule has 0 spiro atoms. The number of halogens is 1. The van der Waals surface area contributed by atoms with Crippen molar-refractivity contribution in [3.05, 3.63) is 47.1 Å². The molecule has 1 atom stereocenters. The highest BCUT2D eigenvalue weighted by molar-refractivity contribution is 6.31. The monoisotopic (exact) mass is 442 g/mol. The summed E-state index contributed by atoms with van der Waals surface area (Å²) in [6, 6.07) is 10.2. The van der Waals surface area contributed by atoms with Crippen LogP contribution in [0.3, 0.4) is 0 Å². The second-order valence-electron chi connectivity index (χ2n) is 8.30. The summed E-state index contributed by atoms with van der Waals surface area (Å²) < 4.78 is 10.9. The highest BCUT2D eigenvalue weighted by Crippen LogP contribution is 2.37. The minimum Gasteiger partial charge on any atom is -0.454 e. The Morgan fingerprint density at radius 2 is 1.84 bits per heavy atom. The number of pyridine rings is 1. The molecule has 3 aliphatic heterocycles. The number of ether oxygens (including phenoxy) is 2. The summed E-state index contributed by atoms with van der Waals surface area (Å²) in [6.45, 7) is 5.42. The quantitative estimate of drug-likeness (QED) is 0.725. The lowest BCUT2D eigenvalue weighted by atomic mass is 10.1. The molecule has 2 saturated heterocycles. The van der Waals surface area contributed by atoms with Gasteiger partial charge in [-0.2, -0.15) is 0 Å². The van der Waals surface area contributed by atoms with Crippen LogP contribution in [-0.2, 0) is 11.3 Å². The number of rotatable bonds is 4. The number of aromatic nitrogens is 1. The summed E-state index contributed by atoms with van der Waals surface area (Å²) in [5.74, 6) is 2.61. The van der Waals surface area contributed by atoms with Crippen LogP contribution in [-0.4, -0.2) is 66.2 Å². The fourth-order valence-corrected chi connectivity index (χ4v) is 4.91. The fourth-order valence-electron chi connectivity index (χ4n) is 4.70. The maximum absolute atomic E-state index is 12.8. The molecular formula is C23H27ClN4O3. The Hall–Kier alpha value is -2.51. The number of fused-ring (bicyclic) bond motifs is 1. The largest absolute Gasteiger partial charge is 0.454 e. The minimum absolute atomic E-state index is 0.198. The van der Waals surface area contributed by atoms with E-state index in [1.165, 1.54) is 0 Å². The number of carbonyl (C=O) groups excluding carboxylic acids is 1. The number of hydrogen-bond acceptors (Lipinski definition) is 6. The molecule has 0 saturated carbocycles. The van der Waals surface area contributed by atoms with Crippen LogP contribution in [0.5, 0.6) is 11.5 Å². The van der Waals surface area contributed by atoms with E-state index >= 15 is 0 Å². The molecule has 5 rings (SSSR count). The maximum Gasteiger partial charge on any atom is 0.231 e. The first-order valence-corrected chi connectivity index (χ1v) is 11.3. The van der Waals surface area contributed by atoms with Crippen LogP contribution in [0.4, 0.5) is 5.82 Å². The van der Waals surface area contributed by atoms with E-state index in [0.29, 0.717) is 35.5 Å². The summed E-state index contributed by atoms with van der Waals surface area (Å²) in [6.07, 6.45) is 4.32. The second-order valence-corrected chi connectivity index (χ2v) is 8.71. The number of piperazine rings is 1. The van der Waals surface area contributed by atoms with Crippen LogP contribution in [0.25, 0.3) is 0 Å². The molecule has 7 nitrogen and oxygen atoms in total. The Kier molecular flexibility index (Phi) is 5.87. The number of benzene rings is 1. The summed E-state index contributed by atoms with van der Waals surface area (Å²) in [7, 11) is 0. The third-order valence-corrected chi connectivity index (χ3v) is 6.83. The normalized spacial score (nSPS) is 22.0. The number of nitrogens with zero attached hydrogens (tertiary/aromatic N) is 4. The van der Waals surface area contributed by atoms with Gasteiger partial charge in [-0.1, -0.05) is 17.7 Å². The Balaban J connectivity index is 1.19. The zero-order valence-corrected chi connectivity index (χ0v) is 18.3. The van der Waals surface area contributed by atoms with Gasteiger partial charge >= 0.3 is 0 Å². The molecule has 1 amide bonds. The Morgan fingerprint density at radius 1 is 1.03 bits per heavy atom. The van der Waals surface area contributed by atoms with Crippen LogP contribution in [0, 0.1) is 0 Å². The molecule has 0 unspecified atom stereocenters. The van der Waals surface area contributed by atoms with Gasteiger partial charge in [-0.15, -0.1) is 0 Å². The van der Waals surface area contributed by atoms with Crippen molar-refractivity contribution < 1.29 is 14.3 Å². The van der Waals surface area contributed by atoms with Crippen LogP contribution in [0.2, 0.25) is 5.02 Å². The molecule has 4 heterocycles. The summed E-state index contributed by atoms with van der Waals surface area (Å²) in [5.41, 5.74) is 0.904. The molecule has 0 bridgehead atoms. The highest BCUT2D eigenvalue weighted by Gasteiger charge is 2.29. The smallest absolute Gasteiger partial charge is 0.231 e. The topological polar surface area (TPSA) is 58.1 Å². The van der Waals surface area contributed by atoms with Gasteiger partial charge in [0.25, 0.3) is 0 Å². The molecule has 31 heavy (non-hydrogen) atoms. The standard InChI is InChI=1S/C23H27ClN4O3/c24-19-14-21-20(30-16-31-21)13-17(19)15-28-8-6-18(4-5-23(28)29)26-9-11-27(12-10-26)22-3-1-2-7-25-22/h1-3,7,13-14,18H,4-6,8-12,15-16H2/t18-/m0/s1. The van der Waals surface area contributed by atoms with Crippen molar-refractivity contribution in [2.45, 2.75) is 31.8 Å². The summed E-state index contributed by atoms with van der Waals surface area (Å²) >= 11 is 6.44. The molecule has 164 valence electrons. The lowest BCUT2D eigenvalue weighted by molar-refractivity contribution is -0.131. The average Bonchev–Trinajstić information content (AvgIpc) is 3.17. The first-order chi connectivity index (χ1) is 15.2. The number of anilines is 1. The predicted octanol–water partition coefficient (Wildman–Crippen LogP) is 3.17. The van der Waals surface area contributed by atoms with Crippen LogP contribution in [0.1, 0.15) is 24.8 Å². The van der Waals surface area contributed by atoms with Gasteiger partial charge < -0.3 is 19.3 Å². The lowest BCUT2D eigenvalue weighted by Crippen LogP contribution is -2.50. The molecule has 1 aromatic heterocycles. The van der Waals surface area contributed by atoms with E-state index < -0.39 is 0 Å². The van der Waals surface area contributed by atoms with Gasteiger partial charge in [-0.3, -0.25) is 9.69 Å². The first kappa shape index (κ1) is 20.4. The van der Waals surface area contributed by atoms with Gasteiger partial charge in [-0.25, -0.2) is 4.98 Å². The highest BCUT2D eigenvalue weighted by atomic mass is 35.5. The third kappa shape index (κ3) is 4.43. The van der Waals surface area contributed by atoms with Gasteiger partial charge in [0.15, 0.2) is 11.5 Å². The van der Waals surface area contributed by atoms with E-state index in [1.54, 1.807) is 6.07 Å². The molecule has 0 N–H and O–H groups in total. The Bertz CT molecular complexity index is 934. The van der Waals surface area contributed by atoms with Gasteiger partial charge in [-0.05, 0) is 36.6 Å². The zero-order valence-electron chi connectivity index (χ0n) is 17.5. The van der Waals surface area contributed by atoms with Crippen LogP contribution >= 0.6 is 11.6 Å². The molecule has 0 aliphatic carbocycles. The maximum atomic E-state index is 12.8. The van der Waals surface area contributed by atoms with E-state index in [0.717, 1.165) is 56.9 Å². The average molecular weight is 443 g/mol. The van der Waals surface area contributed by atoms with Gasteiger partial charge in [0, 0.05) is 69.0 Å². The Morgan fingerprint density at radius 3 is 2.61 bits per heavy atom. The number of likely N-dealkylation sites (tertiary alicyclic amines) is 1. The van der Waals surface area contributed by atoms with Crippen LogP contribution < -0.4 is 14.4 Å². The van der Waals surface area contributed by atoms with Crippen molar-refractivity contribution in [3.8, 4) is 11.5 Å². The predicted molar refractivity (Wildman–Crippen MR) is 119 cm³/mol. The van der Waals surface area contributed by atoms with Crippen LogP contribution in [0.15, 0.2) is 36.5 Å². The van der Waals surface area contributed by atoms with E-state index in [9.17, 15) is 4.79 Å². The Labute approximate surface area is 187 Å². The van der Waals surface area contributed by atoms with Crippen molar-refractivity contribution in [1.29, 1.82) is 0 Å². The first-order valence-electron chi connectivity index (χ1n) is 10.9. The fraction of sp³-hybridized carbons (Fsp3) is 0.478. The summed E-state index contributed by atoms with van der Waals surface area (Å²) in [5, 5.41) is 0.614. The van der Waals surface area contributed by atoms with Crippen molar-refractivity contribution in [2.24, 2.45) is 0 Å². The van der Waals surface area contributed by atoms with Crippen molar-refractivity contribution in [2.75, 3.05) is 44.4 Å². The minimum atomic E-state index is 0.198. The van der Waals surface area contributed by atoms with Crippen molar-refractivity contribution >= 4 is 23.3 Å². The third-order valence-electron chi connectivity index (χ3n) is 6.48.